The average Bonchev–Trinajstić information content (AvgIpc) is 2.55. The number of halogens is 1. The highest BCUT2D eigenvalue weighted by Crippen LogP contribution is 2.16. The van der Waals surface area contributed by atoms with Crippen molar-refractivity contribution in [3.63, 3.8) is 0 Å². The van der Waals surface area contributed by atoms with Crippen molar-refractivity contribution in [2.24, 2.45) is 10.7 Å². The molecule has 1 saturated carbocycles. The first-order valence-electron chi connectivity index (χ1n) is 8.21. The maximum absolute atomic E-state index is 12.8. The molecule has 126 valence electrons. The number of nitrogens with zero attached hydrogens (tertiary/aromatic N) is 1. The molecule has 0 spiro atoms. The summed E-state index contributed by atoms with van der Waals surface area (Å²) in [6.45, 7) is 0.883. The maximum atomic E-state index is 12.8. The Morgan fingerprint density at radius 2 is 1.91 bits per heavy atom. The molecule has 6 heteroatoms. The molecule has 23 heavy (non-hydrogen) atoms. The number of nitrogens with two attached hydrogens (primary N) is 1. The highest BCUT2D eigenvalue weighted by atomic mass is 19.1. The Kier molecular flexibility index (Phi) is 6.84. The Morgan fingerprint density at radius 3 is 2.61 bits per heavy atom. The second-order valence-electron chi connectivity index (χ2n) is 5.90. The lowest BCUT2D eigenvalue weighted by Crippen LogP contribution is -2.41. The molecule has 0 bridgehead atoms. The van der Waals surface area contributed by atoms with E-state index in [0.717, 1.165) is 18.4 Å². The monoisotopic (exact) mass is 320 g/mol. The van der Waals surface area contributed by atoms with Crippen LogP contribution in [0.5, 0.6) is 0 Å². The Labute approximate surface area is 136 Å². The number of carbonyl (C=O) groups excluding carboxylic acids is 1. The van der Waals surface area contributed by atoms with Crippen LogP contribution in [0.1, 0.15) is 37.7 Å². The van der Waals surface area contributed by atoms with Gasteiger partial charge < -0.3 is 16.4 Å². The van der Waals surface area contributed by atoms with Gasteiger partial charge in [0.05, 0.1) is 13.0 Å². The molecule has 1 aromatic carbocycles. The summed E-state index contributed by atoms with van der Waals surface area (Å²) in [5, 5.41) is 6.01. The third-order valence-corrected chi connectivity index (χ3v) is 3.95. The Balaban J connectivity index is 1.62. The zero-order valence-corrected chi connectivity index (χ0v) is 13.4. The lowest BCUT2D eigenvalue weighted by atomic mass is 9.96. The quantitative estimate of drug-likeness (QED) is 0.424. The number of carbonyl (C=O) groups is 1. The van der Waals surface area contributed by atoms with E-state index in [1.165, 1.54) is 31.4 Å². The molecule has 2 rings (SSSR count). The molecule has 0 saturated heterocycles. The minimum Gasteiger partial charge on any atom is -0.370 e. The molecular weight excluding hydrogens is 295 g/mol. The van der Waals surface area contributed by atoms with Crippen LogP contribution in [0, 0.1) is 5.82 Å². The predicted octanol–water partition coefficient (Wildman–Crippen LogP) is 1.72. The third-order valence-electron chi connectivity index (χ3n) is 3.95. The SMILES string of the molecule is NC(=NCCNC(=O)Cc1ccc(F)cc1)NC1CCCCC1. The molecule has 1 aliphatic carbocycles. The van der Waals surface area contributed by atoms with Crippen LogP contribution in [0.3, 0.4) is 0 Å². The smallest absolute Gasteiger partial charge is 0.224 e. The van der Waals surface area contributed by atoms with Crippen LogP contribution in [0.4, 0.5) is 4.39 Å². The zero-order chi connectivity index (χ0) is 16.5. The van der Waals surface area contributed by atoms with Gasteiger partial charge in [0.25, 0.3) is 0 Å². The van der Waals surface area contributed by atoms with Crippen LogP contribution in [-0.2, 0) is 11.2 Å². The normalized spacial score (nSPS) is 16.1. The number of benzene rings is 1. The number of amides is 1. The Morgan fingerprint density at radius 1 is 1.22 bits per heavy atom. The minimum absolute atomic E-state index is 0.106. The van der Waals surface area contributed by atoms with Gasteiger partial charge in [0.1, 0.15) is 5.82 Å². The molecule has 1 aliphatic rings. The zero-order valence-electron chi connectivity index (χ0n) is 13.4. The van der Waals surface area contributed by atoms with Gasteiger partial charge in [-0.3, -0.25) is 9.79 Å². The molecule has 0 aliphatic heterocycles. The second-order valence-corrected chi connectivity index (χ2v) is 5.90. The molecule has 1 amide bonds. The van der Waals surface area contributed by atoms with Crippen LogP contribution in [0.15, 0.2) is 29.3 Å². The lowest BCUT2D eigenvalue weighted by Gasteiger charge is -2.23. The molecule has 0 radical (unpaired) electrons. The molecule has 0 aromatic heterocycles. The van der Waals surface area contributed by atoms with Gasteiger partial charge >= 0.3 is 0 Å². The van der Waals surface area contributed by atoms with E-state index in [4.69, 9.17) is 5.73 Å². The summed E-state index contributed by atoms with van der Waals surface area (Å²) in [4.78, 5) is 16.0. The van der Waals surface area contributed by atoms with Crippen molar-refractivity contribution in [2.75, 3.05) is 13.1 Å². The van der Waals surface area contributed by atoms with Crippen LogP contribution in [0.2, 0.25) is 0 Å². The first-order chi connectivity index (χ1) is 11.1. The predicted molar refractivity (Wildman–Crippen MR) is 89.6 cm³/mol. The number of hydrogen-bond acceptors (Lipinski definition) is 2. The summed E-state index contributed by atoms with van der Waals surface area (Å²) in [5.41, 5.74) is 6.63. The van der Waals surface area contributed by atoms with Crippen molar-refractivity contribution in [1.29, 1.82) is 0 Å². The van der Waals surface area contributed by atoms with Gasteiger partial charge in [-0.05, 0) is 30.5 Å². The summed E-state index contributed by atoms with van der Waals surface area (Å²) in [7, 11) is 0. The van der Waals surface area contributed by atoms with Gasteiger partial charge in [-0.15, -0.1) is 0 Å². The molecule has 5 nitrogen and oxygen atoms in total. The van der Waals surface area contributed by atoms with Crippen LogP contribution in [-0.4, -0.2) is 31.0 Å². The summed E-state index contributed by atoms with van der Waals surface area (Å²) < 4.78 is 12.8. The Hall–Kier alpha value is -2.11. The van der Waals surface area contributed by atoms with Crippen LogP contribution in [0.25, 0.3) is 0 Å². The highest BCUT2D eigenvalue weighted by Gasteiger charge is 2.13. The first kappa shape index (κ1) is 17.2. The van der Waals surface area contributed by atoms with Crippen molar-refractivity contribution < 1.29 is 9.18 Å². The van der Waals surface area contributed by atoms with Gasteiger partial charge in [-0.2, -0.15) is 0 Å². The van der Waals surface area contributed by atoms with E-state index in [1.807, 2.05) is 0 Å². The van der Waals surface area contributed by atoms with Crippen molar-refractivity contribution in [3.8, 4) is 0 Å². The van der Waals surface area contributed by atoms with E-state index in [9.17, 15) is 9.18 Å². The minimum atomic E-state index is -0.301. The van der Waals surface area contributed by atoms with Crippen molar-refractivity contribution in [1.82, 2.24) is 10.6 Å². The van der Waals surface area contributed by atoms with E-state index >= 15 is 0 Å². The molecule has 1 fully saturated rings. The number of hydrogen-bond donors (Lipinski definition) is 3. The van der Waals surface area contributed by atoms with Gasteiger partial charge in [-0.25, -0.2) is 4.39 Å². The van der Waals surface area contributed by atoms with Gasteiger partial charge in [0, 0.05) is 12.6 Å². The fraction of sp³-hybridized carbons (Fsp3) is 0.529. The van der Waals surface area contributed by atoms with Gasteiger partial charge in [0.2, 0.25) is 5.91 Å². The van der Waals surface area contributed by atoms with Gasteiger partial charge in [-0.1, -0.05) is 31.4 Å². The topological polar surface area (TPSA) is 79.5 Å². The largest absolute Gasteiger partial charge is 0.370 e. The molecule has 0 atom stereocenters. The maximum Gasteiger partial charge on any atom is 0.224 e. The van der Waals surface area contributed by atoms with Crippen LogP contribution >= 0.6 is 0 Å². The standard InChI is InChI=1S/C17H25FN4O/c18-14-8-6-13(7-9-14)12-16(23)20-10-11-21-17(19)22-15-4-2-1-3-5-15/h6-9,15H,1-5,10-12H2,(H,20,23)(H3,19,21,22). The summed E-state index contributed by atoms with van der Waals surface area (Å²) in [5.74, 6) is 0.0414. The molecular formula is C17H25FN4O. The molecule has 0 unspecified atom stereocenters. The summed E-state index contributed by atoms with van der Waals surface area (Å²) >= 11 is 0. The number of nitrogens with one attached hydrogen (secondary N) is 2. The first-order valence-corrected chi connectivity index (χ1v) is 8.21. The number of rotatable bonds is 6. The van der Waals surface area contributed by atoms with E-state index in [0.29, 0.717) is 25.1 Å². The fourth-order valence-electron chi connectivity index (χ4n) is 2.72. The molecule has 4 N–H and O–H groups in total. The lowest BCUT2D eigenvalue weighted by molar-refractivity contribution is -0.120. The van der Waals surface area contributed by atoms with Crippen LogP contribution < -0.4 is 16.4 Å². The molecule has 1 aromatic rings. The van der Waals surface area contributed by atoms with Crippen molar-refractivity contribution in [3.05, 3.63) is 35.6 Å². The summed E-state index contributed by atoms with van der Waals surface area (Å²) in [6.07, 6.45) is 6.30. The fourth-order valence-corrected chi connectivity index (χ4v) is 2.72. The Bertz CT molecular complexity index is 524. The number of guanidine groups is 1. The van der Waals surface area contributed by atoms with Crippen molar-refractivity contribution >= 4 is 11.9 Å². The second kappa shape index (κ2) is 9.12. The average molecular weight is 320 g/mol. The van der Waals surface area contributed by atoms with E-state index in [2.05, 4.69) is 15.6 Å². The third kappa shape index (κ3) is 6.67. The summed E-state index contributed by atoms with van der Waals surface area (Å²) in [6, 6.07) is 6.36. The van der Waals surface area contributed by atoms with E-state index in [-0.39, 0.29) is 18.1 Å². The van der Waals surface area contributed by atoms with Crippen molar-refractivity contribution in [2.45, 2.75) is 44.6 Å². The molecule has 0 heterocycles. The highest BCUT2D eigenvalue weighted by molar-refractivity contribution is 5.79. The number of aliphatic imine (C=N–C) groups is 1. The van der Waals surface area contributed by atoms with E-state index in [1.54, 1.807) is 12.1 Å². The van der Waals surface area contributed by atoms with Gasteiger partial charge in [0.15, 0.2) is 5.96 Å². The van der Waals surface area contributed by atoms with E-state index < -0.39 is 0 Å².